The van der Waals surface area contributed by atoms with Crippen LogP contribution < -0.4 is 15.5 Å². The van der Waals surface area contributed by atoms with Crippen molar-refractivity contribution < 1.29 is 0 Å². The molecule has 726 valence electrons. The summed E-state index contributed by atoms with van der Waals surface area (Å²) in [5, 5.41) is 16.7. The zero-order chi connectivity index (χ0) is 99.0. The van der Waals surface area contributed by atoms with Crippen LogP contribution in [0.5, 0.6) is 0 Å². The first-order valence-electron chi connectivity index (χ1n) is 54.5. The van der Waals surface area contributed by atoms with Crippen LogP contribution in [0.2, 0.25) is 0 Å². The molecule has 0 radical (unpaired) electrons. The first-order valence-corrected chi connectivity index (χ1v) is 54.5. The second kappa shape index (κ2) is 44.3. The standard InChI is InChI=1S/C48H48N2.C34H30.C32H26.C25H37N.CH5N/c1-4-5-14-29-49(43-27-16-21-34-18-8-9-23-38(34)43)47-39-24-10-11-25-40(39)48(42-31-36-20-7-6-19-35(36)30-41(42)47)50-44-26-13-12-22-37(44)33(3)46-32(2)17-15-28-45(46)50;1-21-11-9-17-27(23(21)3)33-29-15-7-8-16-30(29)34(28-18-10-12-22(2)24(28)4)32-20-26-14-6-5-13-25(26)19-31(32)33;1-3-11-21(12-4-1)29-27-15-7-8-16-28(27)30(22-13-5-2-6-14-22)32-26-20-10-18-24(26)23-17-9-19-25(23)31(29)32;1-5-7-10-16-22(4)25(21(3)15-6-2)26(23-17-11-8-12-18-23)24-19-13-9-14-20-24;1-2/h4-5,10-17,21-22,24-28,30-33,46H,1,6-9,18-20,23,29H2,2-3H3;5-12,15-20H,13-14H2,1-4H3;1-8,11-16H,9-10,17-20H2;6,8-9,11-13,15,17,23-24H,2,5,7,10,14,16,18-20H2,1,3-4H3;2H2,1H3/b14-5-;;;21-15+,25-22-;. The van der Waals surface area contributed by atoms with E-state index in [-0.39, 0.29) is 0 Å². The topological polar surface area (TPSA) is 35.7 Å². The number of benzene rings is 15. The molecule has 0 bridgehead atoms. The summed E-state index contributed by atoms with van der Waals surface area (Å²) >= 11 is 0. The molecule has 0 aromatic heterocycles. The smallest absolute Gasteiger partial charge is 0.0617 e. The number of hydrogen-bond acceptors (Lipinski definition) is 4. The minimum Gasteiger partial charge on any atom is -0.361 e. The van der Waals surface area contributed by atoms with Gasteiger partial charge in [0.2, 0.25) is 0 Å². The van der Waals surface area contributed by atoms with Gasteiger partial charge in [-0.1, -0.05) is 338 Å². The third-order valence-electron chi connectivity index (χ3n) is 33.4. The first-order chi connectivity index (χ1) is 70.8. The Hall–Kier alpha value is -13.6. The Morgan fingerprint density at radius 1 is 0.451 bits per heavy atom. The molecule has 0 spiro atoms. The number of fused-ring (bicyclic) bond motifs is 16. The van der Waals surface area contributed by atoms with Gasteiger partial charge in [0, 0.05) is 62.8 Å². The van der Waals surface area contributed by atoms with Gasteiger partial charge in [0.15, 0.2) is 0 Å². The van der Waals surface area contributed by atoms with E-state index in [9.17, 15) is 0 Å². The summed E-state index contributed by atoms with van der Waals surface area (Å²) in [6.07, 6.45) is 65.0. The molecule has 1 aliphatic heterocycles. The number of para-hydroxylation sites is 1. The second-order valence-corrected chi connectivity index (χ2v) is 41.9. The van der Waals surface area contributed by atoms with Gasteiger partial charge in [0.25, 0.3) is 0 Å². The Labute approximate surface area is 859 Å². The number of rotatable bonds is 19. The first kappa shape index (κ1) is 97.8. The predicted octanol–water partition coefficient (Wildman–Crippen LogP) is 37.0. The Morgan fingerprint density at radius 2 is 0.986 bits per heavy atom. The van der Waals surface area contributed by atoms with Crippen LogP contribution in [0.3, 0.4) is 0 Å². The van der Waals surface area contributed by atoms with E-state index in [1.165, 1.54) is 321 Å². The molecule has 5 atom stereocenters. The molecule has 1 heterocycles. The van der Waals surface area contributed by atoms with Crippen LogP contribution in [0.15, 0.2) is 370 Å². The lowest BCUT2D eigenvalue weighted by Gasteiger charge is -2.46. The van der Waals surface area contributed by atoms with Gasteiger partial charge in [0.05, 0.1) is 17.4 Å². The molecule has 24 rings (SSSR count). The molecule has 0 amide bonds. The molecule has 15 aromatic rings. The lowest BCUT2D eigenvalue weighted by atomic mass is 9.71. The van der Waals surface area contributed by atoms with Gasteiger partial charge in [-0.15, -0.1) is 0 Å². The Balaban J connectivity index is 0.000000120. The maximum atomic E-state index is 4.50. The second-order valence-electron chi connectivity index (χ2n) is 41.9. The molecule has 5 unspecified atom stereocenters. The fraction of sp³-hybridized carbons (Fsp3) is 0.286. The van der Waals surface area contributed by atoms with E-state index in [1.807, 2.05) is 12.2 Å². The highest BCUT2D eigenvalue weighted by atomic mass is 15.2. The summed E-state index contributed by atoms with van der Waals surface area (Å²) < 4.78 is 0. The minimum atomic E-state index is 0.414. The molecule has 0 fully saturated rings. The van der Waals surface area contributed by atoms with Gasteiger partial charge in [-0.2, -0.15) is 0 Å². The maximum absolute atomic E-state index is 4.50. The highest BCUT2D eigenvalue weighted by molar-refractivity contribution is 6.26. The molecular formula is C140H146N4. The summed E-state index contributed by atoms with van der Waals surface area (Å²) in [6, 6.07) is 90.6. The van der Waals surface area contributed by atoms with Crippen LogP contribution in [-0.4, -0.2) is 30.6 Å². The number of hydrogen-bond donors (Lipinski definition) is 1. The van der Waals surface area contributed by atoms with Crippen molar-refractivity contribution in [1.29, 1.82) is 0 Å². The minimum absolute atomic E-state index is 0.414. The summed E-state index contributed by atoms with van der Waals surface area (Å²) in [5.41, 5.74) is 49.2. The number of allylic oxidation sites excluding steroid dienone is 15. The number of nitrogens with zero attached hydrogens (tertiary/aromatic N) is 3. The van der Waals surface area contributed by atoms with Crippen LogP contribution in [-0.2, 0) is 64.2 Å². The lowest BCUT2D eigenvalue weighted by molar-refractivity contribution is 0.200. The average molecular weight is 1880 g/mol. The maximum Gasteiger partial charge on any atom is 0.0617 e. The largest absolute Gasteiger partial charge is 0.361 e. The quantitative estimate of drug-likeness (QED) is 0.0379. The van der Waals surface area contributed by atoms with Crippen molar-refractivity contribution in [2.24, 2.45) is 17.6 Å². The Bertz CT molecular complexity index is 7460. The third kappa shape index (κ3) is 18.8. The molecule has 2 N–H and O–H groups in total. The van der Waals surface area contributed by atoms with Gasteiger partial charge in [-0.3, -0.25) is 0 Å². The van der Waals surface area contributed by atoms with Gasteiger partial charge in [-0.05, 0) is 426 Å². The molecule has 4 heteroatoms. The van der Waals surface area contributed by atoms with E-state index in [0.717, 1.165) is 51.5 Å². The Morgan fingerprint density at radius 3 is 1.56 bits per heavy atom. The molecule has 0 saturated carbocycles. The summed E-state index contributed by atoms with van der Waals surface area (Å²) in [5.74, 6) is 1.31. The monoisotopic (exact) mass is 1880 g/mol. The van der Waals surface area contributed by atoms with Crippen LogP contribution in [0.4, 0.5) is 22.7 Å². The summed E-state index contributed by atoms with van der Waals surface area (Å²) in [7, 11) is 1.50. The van der Waals surface area contributed by atoms with Crippen molar-refractivity contribution >= 4 is 87.4 Å². The third-order valence-corrected chi connectivity index (χ3v) is 33.4. The summed E-state index contributed by atoms with van der Waals surface area (Å²) in [4.78, 5) is 8.06. The molecule has 144 heavy (non-hydrogen) atoms. The average Bonchev–Trinajstić information content (AvgIpc) is 1.63. The van der Waals surface area contributed by atoms with E-state index in [4.69, 9.17) is 0 Å². The van der Waals surface area contributed by atoms with Gasteiger partial charge in [0.1, 0.15) is 0 Å². The number of aryl methyl sites for hydroxylation is 7. The van der Waals surface area contributed by atoms with Crippen molar-refractivity contribution in [3.63, 3.8) is 0 Å². The van der Waals surface area contributed by atoms with Crippen LogP contribution in [0.1, 0.15) is 214 Å². The van der Waals surface area contributed by atoms with E-state index < -0.39 is 0 Å². The van der Waals surface area contributed by atoms with Crippen LogP contribution >= 0.6 is 0 Å². The van der Waals surface area contributed by atoms with E-state index in [2.05, 4.69) is 418 Å². The molecule has 8 aliphatic carbocycles. The van der Waals surface area contributed by atoms with Crippen LogP contribution in [0.25, 0.3) is 109 Å². The highest BCUT2D eigenvalue weighted by Gasteiger charge is 2.42. The van der Waals surface area contributed by atoms with Gasteiger partial charge < -0.3 is 20.4 Å². The highest BCUT2D eigenvalue weighted by Crippen LogP contribution is 2.59. The van der Waals surface area contributed by atoms with Crippen molar-refractivity contribution in [2.75, 3.05) is 23.4 Å². The predicted molar refractivity (Wildman–Crippen MR) is 625 cm³/mol. The van der Waals surface area contributed by atoms with E-state index >= 15 is 0 Å². The van der Waals surface area contributed by atoms with E-state index in [0.29, 0.717) is 29.8 Å². The fourth-order valence-corrected chi connectivity index (χ4v) is 26.4. The van der Waals surface area contributed by atoms with E-state index in [1.54, 1.807) is 33.0 Å². The zero-order valence-electron chi connectivity index (χ0n) is 87.2. The van der Waals surface area contributed by atoms with Crippen LogP contribution in [0, 0.1) is 39.5 Å². The Kier molecular flexibility index (Phi) is 30.1. The van der Waals surface area contributed by atoms with Crippen molar-refractivity contribution in [3.8, 4) is 44.5 Å². The van der Waals surface area contributed by atoms with Crippen molar-refractivity contribution in [3.05, 3.63) is 453 Å². The normalized spacial score (nSPS) is 18.0. The molecule has 4 nitrogen and oxygen atoms in total. The van der Waals surface area contributed by atoms with Crippen molar-refractivity contribution in [1.82, 2.24) is 4.90 Å². The number of anilines is 4. The zero-order valence-corrected chi connectivity index (χ0v) is 87.2. The molecule has 9 aliphatic rings. The molecule has 15 aromatic carbocycles. The number of nitrogens with two attached hydrogens (primary N) is 1. The molecule has 0 saturated heterocycles. The van der Waals surface area contributed by atoms with Gasteiger partial charge >= 0.3 is 0 Å². The molecular weight excluding hydrogens is 1740 g/mol. The number of unbranched alkanes of at least 4 members (excludes halogenated alkanes) is 2. The SMILES string of the molecule is C=C/C=C(C)/C(=C(\C)CCCCC)N(C1C=CC=CC1)C1CC=CCC1.C=C/C=C\CN(c1cccc2c1CCCC2)c1c2ccccc2c(N2C3=CC=CC(C)C3C(C)c3ccccc32)c2cc3c(cc12)CCCC3.CN.Cc1cccc(-c2c3ccccc3c(-c3cccc(C)c3C)c3cc4c(cc23)CC=CC4)c1C.c1ccc(-c2c3ccccc3c(-c3ccccc3)c3c4c(c5c(c23)CCC5)CCC4)cc1. The fourth-order valence-electron chi connectivity index (χ4n) is 26.4. The van der Waals surface area contributed by atoms with Crippen molar-refractivity contribution in [2.45, 2.75) is 234 Å². The summed E-state index contributed by atoms with van der Waals surface area (Å²) in [6.45, 7) is 29.5. The lowest BCUT2D eigenvalue weighted by Crippen LogP contribution is -2.43. The van der Waals surface area contributed by atoms with Gasteiger partial charge in [-0.25, -0.2) is 0 Å².